The van der Waals surface area contributed by atoms with Gasteiger partial charge in [-0.25, -0.2) is 0 Å². The van der Waals surface area contributed by atoms with E-state index in [1.54, 1.807) is 0 Å². The van der Waals surface area contributed by atoms with E-state index in [9.17, 15) is 0 Å². The number of fused-ring (bicyclic) bond motifs is 3. The van der Waals surface area contributed by atoms with Gasteiger partial charge in [-0.1, -0.05) is 36.4 Å². The highest BCUT2D eigenvalue weighted by Gasteiger charge is 2.11. The Kier molecular flexibility index (Phi) is 2.24. The molecule has 0 heterocycles. The summed E-state index contributed by atoms with van der Waals surface area (Å²) in [6, 6.07) is 8.60. The zero-order valence-electron chi connectivity index (χ0n) is 10.1. The smallest absolute Gasteiger partial charge is 0.00253 e. The van der Waals surface area contributed by atoms with E-state index >= 15 is 0 Å². The van der Waals surface area contributed by atoms with Gasteiger partial charge in [0.2, 0.25) is 0 Å². The molecule has 0 unspecified atom stereocenters. The fraction of sp³-hybridized carbons (Fsp3) is 0.118. The van der Waals surface area contributed by atoms with E-state index in [1.165, 1.54) is 33.0 Å². The molecule has 0 bridgehead atoms. The van der Waals surface area contributed by atoms with E-state index in [4.69, 9.17) is 0 Å². The third-order valence-corrected chi connectivity index (χ3v) is 3.56. The van der Waals surface area contributed by atoms with E-state index < -0.39 is 0 Å². The Morgan fingerprint density at radius 1 is 0.882 bits per heavy atom. The summed E-state index contributed by atoms with van der Waals surface area (Å²) >= 11 is 0. The van der Waals surface area contributed by atoms with Gasteiger partial charge < -0.3 is 0 Å². The predicted molar refractivity (Wildman–Crippen MR) is 75.0 cm³/mol. The lowest BCUT2D eigenvalue weighted by Gasteiger charge is -2.14. The molecule has 0 N–H and O–H groups in total. The van der Waals surface area contributed by atoms with Gasteiger partial charge in [0.1, 0.15) is 0 Å². The van der Waals surface area contributed by atoms with Crippen LogP contribution in [0.15, 0.2) is 42.1 Å². The summed E-state index contributed by atoms with van der Waals surface area (Å²) in [5.41, 5.74) is 8.55. The zero-order chi connectivity index (χ0) is 11.8. The Labute approximate surface area is 102 Å². The molecule has 1 aliphatic carbocycles. The number of rotatable bonds is 0. The molecule has 2 aromatic carbocycles. The summed E-state index contributed by atoms with van der Waals surface area (Å²) in [6.07, 6.45) is 8.29. The van der Waals surface area contributed by atoms with Crippen LogP contribution in [0.3, 0.4) is 0 Å². The fourth-order valence-electron chi connectivity index (χ4n) is 2.50. The van der Waals surface area contributed by atoms with Gasteiger partial charge in [-0.2, -0.15) is 0 Å². The largest absolute Gasteiger partial charge is 0.120 e. The Balaban J connectivity index is 2.57. The minimum absolute atomic E-state index is 1.29. The first-order valence-corrected chi connectivity index (χ1v) is 5.90. The molecule has 0 aliphatic heterocycles. The van der Waals surface area contributed by atoms with Gasteiger partial charge in [-0.3, -0.25) is 0 Å². The van der Waals surface area contributed by atoms with Crippen LogP contribution in [0.1, 0.15) is 22.3 Å². The summed E-state index contributed by atoms with van der Waals surface area (Å²) in [7, 11) is 0. The molecular weight excluding hydrogens is 204 g/mol. The second-order valence-electron chi connectivity index (χ2n) is 4.46. The molecule has 0 amide bonds. The second-order valence-corrected chi connectivity index (χ2v) is 4.46. The van der Waals surface area contributed by atoms with E-state index in [0.29, 0.717) is 0 Å². The normalized spacial score (nSPS) is 12.8. The van der Waals surface area contributed by atoms with E-state index in [1.807, 2.05) is 6.08 Å². The highest BCUT2D eigenvalue weighted by Crippen LogP contribution is 2.32. The van der Waals surface area contributed by atoms with Crippen molar-refractivity contribution in [1.82, 2.24) is 0 Å². The van der Waals surface area contributed by atoms with Crippen LogP contribution < -0.4 is 0 Å². The number of allylic oxidation sites excluding steroid dienone is 2. The lowest BCUT2D eigenvalue weighted by atomic mass is 9.90. The summed E-state index contributed by atoms with van der Waals surface area (Å²) in [5.74, 6) is 0. The molecule has 0 heteroatoms. The van der Waals surface area contributed by atoms with Gasteiger partial charge in [-0.05, 0) is 59.0 Å². The van der Waals surface area contributed by atoms with Crippen LogP contribution in [-0.2, 0) is 0 Å². The lowest BCUT2D eigenvalue weighted by Crippen LogP contribution is -1.93. The molecule has 0 nitrogen and oxygen atoms in total. The maximum absolute atomic E-state index is 3.21. The van der Waals surface area contributed by atoms with Gasteiger partial charge in [0, 0.05) is 0 Å². The summed E-state index contributed by atoms with van der Waals surface area (Å²) in [4.78, 5) is 0. The quantitative estimate of drug-likeness (QED) is 0.564. The van der Waals surface area contributed by atoms with Crippen molar-refractivity contribution in [2.75, 3.05) is 0 Å². The average Bonchev–Trinajstić information content (AvgIpc) is 2.62. The minimum atomic E-state index is 1.29. The lowest BCUT2D eigenvalue weighted by molar-refractivity contribution is 1.36. The molecule has 1 aliphatic rings. The number of benzene rings is 2. The van der Waals surface area contributed by atoms with Crippen molar-refractivity contribution in [2.45, 2.75) is 13.8 Å². The topological polar surface area (TPSA) is 0 Å². The monoisotopic (exact) mass is 218 g/mol. The average molecular weight is 218 g/mol. The summed E-state index contributed by atoms with van der Waals surface area (Å²) in [6.45, 7) is 4.40. The van der Waals surface area contributed by atoms with E-state index in [-0.39, 0.29) is 0 Å². The molecular formula is C17H14. The van der Waals surface area contributed by atoms with Crippen molar-refractivity contribution in [2.24, 2.45) is 0 Å². The van der Waals surface area contributed by atoms with Crippen molar-refractivity contribution in [3.05, 3.63) is 64.4 Å². The number of aryl methyl sites for hydroxylation is 1. The van der Waals surface area contributed by atoms with Crippen LogP contribution in [0.2, 0.25) is 0 Å². The van der Waals surface area contributed by atoms with Crippen molar-refractivity contribution in [1.29, 1.82) is 0 Å². The molecule has 0 fully saturated rings. The Bertz CT molecular complexity index is 694. The van der Waals surface area contributed by atoms with Gasteiger partial charge >= 0.3 is 0 Å². The van der Waals surface area contributed by atoms with Gasteiger partial charge in [0.25, 0.3) is 0 Å². The molecule has 0 aromatic heterocycles. The highest BCUT2D eigenvalue weighted by atomic mass is 14.1. The van der Waals surface area contributed by atoms with E-state index in [0.717, 1.165) is 0 Å². The van der Waals surface area contributed by atoms with Crippen molar-refractivity contribution in [3.63, 3.8) is 0 Å². The molecule has 0 atom stereocenters. The maximum atomic E-state index is 3.21. The Morgan fingerprint density at radius 2 is 1.65 bits per heavy atom. The molecule has 2 aromatic rings. The molecule has 3 rings (SSSR count). The molecule has 17 heavy (non-hydrogen) atoms. The molecule has 0 saturated heterocycles. The minimum Gasteiger partial charge on any atom is -0.120 e. The van der Waals surface area contributed by atoms with Crippen molar-refractivity contribution < 1.29 is 0 Å². The maximum Gasteiger partial charge on any atom is -0.00253 e. The van der Waals surface area contributed by atoms with Crippen LogP contribution >= 0.6 is 0 Å². The SMILES string of the molecule is Cc1c2c(c3ccccc3c1C)C=C=CC=C2. The van der Waals surface area contributed by atoms with Crippen molar-refractivity contribution in [3.8, 4) is 0 Å². The summed E-state index contributed by atoms with van der Waals surface area (Å²) in [5, 5.41) is 2.66. The van der Waals surface area contributed by atoms with Gasteiger partial charge in [0.05, 0.1) is 0 Å². The van der Waals surface area contributed by atoms with Gasteiger partial charge in [-0.15, -0.1) is 5.73 Å². The number of hydrogen-bond donors (Lipinski definition) is 0. The fourth-order valence-corrected chi connectivity index (χ4v) is 2.50. The highest BCUT2D eigenvalue weighted by molar-refractivity contribution is 5.97. The second kappa shape index (κ2) is 3.76. The first-order valence-electron chi connectivity index (χ1n) is 5.90. The first kappa shape index (κ1) is 10.1. The Hall–Kier alpha value is -2.04. The third-order valence-electron chi connectivity index (χ3n) is 3.56. The van der Waals surface area contributed by atoms with Crippen LogP contribution in [-0.4, -0.2) is 0 Å². The zero-order valence-corrected chi connectivity index (χ0v) is 10.1. The Morgan fingerprint density at radius 3 is 2.47 bits per heavy atom. The number of hydrogen-bond acceptors (Lipinski definition) is 0. The van der Waals surface area contributed by atoms with Crippen LogP contribution in [0.4, 0.5) is 0 Å². The molecule has 82 valence electrons. The van der Waals surface area contributed by atoms with Gasteiger partial charge in [0.15, 0.2) is 0 Å². The predicted octanol–water partition coefficient (Wildman–Crippen LogP) is 4.65. The van der Waals surface area contributed by atoms with Crippen LogP contribution in [0.25, 0.3) is 22.9 Å². The standard InChI is InChI=1S/C17H14/c1-12-13(2)15-9-6-7-11-17(15)16-10-5-3-4-8-14(12)16/h3-4,6-11H,1-2H3. The van der Waals surface area contributed by atoms with E-state index in [2.05, 4.69) is 62.1 Å². The molecule has 0 spiro atoms. The third kappa shape index (κ3) is 1.46. The molecule has 0 radical (unpaired) electrons. The van der Waals surface area contributed by atoms with Crippen LogP contribution in [0.5, 0.6) is 0 Å². The summed E-state index contributed by atoms with van der Waals surface area (Å²) < 4.78 is 0. The first-order chi connectivity index (χ1) is 8.29. The van der Waals surface area contributed by atoms with Crippen molar-refractivity contribution >= 4 is 22.9 Å². The molecule has 0 saturated carbocycles. The van der Waals surface area contributed by atoms with Crippen LogP contribution in [0, 0.1) is 13.8 Å².